The molecule has 0 aliphatic rings. The third kappa shape index (κ3) is 1.82. The highest BCUT2D eigenvalue weighted by Crippen LogP contribution is 2.21. The van der Waals surface area contributed by atoms with Crippen molar-refractivity contribution in [1.82, 2.24) is 20.0 Å². The molecule has 3 aromatic rings. The molecule has 0 atom stereocenters. The number of aryl methyl sites for hydroxylation is 2. The van der Waals surface area contributed by atoms with Gasteiger partial charge in [0.15, 0.2) is 5.52 Å². The summed E-state index contributed by atoms with van der Waals surface area (Å²) in [5, 5.41) is 12.2. The summed E-state index contributed by atoms with van der Waals surface area (Å²) in [6, 6.07) is 7.30. The summed E-state index contributed by atoms with van der Waals surface area (Å²) in [4.78, 5) is 11.8. The SMILES string of the molecule is Cc1n[nH]c(=O)c2nn(-c3ccc(Cl)cc3)c(C)c12. The highest BCUT2D eigenvalue weighted by Gasteiger charge is 2.14. The van der Waals surface area contributed by atoms with E-state index in [1.807, 2.05) is 26.0 Å². The van der Waals surface area contributed by atoms with Crippen LogP contribution < -0.4 is 5.56 Å². The van der Waals surface area contributed by atoms with Crippen molar-refractivity contribution in [2.75, 3.05) is 0 Å². The number of fused-ring (bicyclic) bond motifs is 1. The zero-order valence-corrected chi connectivity index (χ0v) is 11.2. The predicted molar refractivity (Wildman–Crippen MR) is 74.0 cm³/mol. The maximum absolute atomic E-state index is 11.8. The van der Waals surface area contributed by atoms with Crippen molar-refractivity contribution in [3.8, 4) is 5.69 Å². The van der Waals surface area contributed by atoms with Gasteiger partial charge in [0.25, 0.3) is 5.56 Å². The second-order valence-corrected chi connectivity index (χ2v) is 4.77. The van der Waals surface area contributed by atoms with E-state index in [4.69, 9.17) is 11.6 Å². The summed E-state index contributed by atoms with van der Waals surface area (Å²) in [7, 11) is 0. The van der Waals surface area contributed by atoms with Gasteiger partial charge in [-0.2, -0.15) is 10.2 Å². The van der Waals surface area contributed by atoms with Gasteiger partial charge in [0.1, 0.15) is 0 Å². The Kier molecular flexibility index (Phi) is 2.64. The molecule has 5 nitrogen and oxygen atoms in total. The molecule has 0 amide bonds. The number of aromatic nitrogens is 4. The first-order valence-electron chi connectivity index (χ1n) is 5.78. The molecule has 0 saturated heterocycles. The van der Waals surface area contributed by atoms with Crippen LogP contribution in [0.2, 0.25) is 5.02 Å². The zero-order valence-electron chi connectivity index (χ0n) is 10.4. The van der Waals surface area contributed by atoms with Gasteiger partial charge in [-0.25, -0.2) is 9.78 Å². The molecule has 96 valence electrons. The lowest BCUT2D eigenvalue weighted by Gasteiger charge is -2.03. The van der Waals surface area contributed by atoms with Crippen molar-refractivity contribution in [2.24, 2.45) is 0 Å². The Morgan fingerprint density at radius 1 is 1.21 bits per heavy atom. The smallest absolute Gasteiger partial charge is 0.265 e. The summed E-state index contributed by atoms with van der Waals surface area (Å²) in [5.74, 6) is 0. The van der Waals surface area contributed by atoms with Gasteiger partial charge in [0.2, 0.25) is 0 Å². The van der Waals surface area contributed by atoms with Crippen LogP contribution in [0.25, 0.3) is 16.6 Å². The predicted octanol–water partition coefficient (Wildman–Crippen LogP) is 2.38. The number of halogens is 1. The van der Waals surface area contributed by atoms with Gasteiger partial charge >= 0.3 is 0 Å². The molecule has 19 heavy (non-hydrogen) atoms. The van der Waals surface area contributed by atoms with Crippen LogP contribution in [-0.4, -0.2) is 20.0 Å². The van der Waals surface area contributed by atoms with Crippen LogP contribution in [0.5, 0.6) is 0 Å². The zero-order chi connectivity index (χ0) is 13.6. The largest absolute Gasteiger partial charge is 0.292 e. The summed E-state index contributed by atoms with van der Waals surface area (Å²) >= 11 is 5.87. The van der Waals surface area contributed by atoms with Crippen LogP contribution in [-0.2, 0) is 0 Å². The monoisotopic (exact) mass is 274 g/mol. The average Bonchev–Trinajstić information content (AvgIpc) is 2.74. The molecule has 0 saturated carbocycles. The Bertz CT molecular complexity index is 817. The Balaban J connectivity index is 2.34. The summed E-state index contributed by atoms with van der Waals surface area (Å²) in [6.45, 7) is 3.76. The third-order valence-electron chi connectivity index (χ3n) is 3.09. The van der Waals surface area contributed by atoms with Crippen LogP contribution in [0.1, 0.15) is 11.4 Å². The molecule has 0 aliphatic carbocycles. The van der Waals surface area contributed by atoms with E-state index in [0.717, 1.165) is 22.5 Å². The molecule has 0 radical (unpaired) electrons. The van der Waals surface area contributed by atoms with E-state index in [0.29, 0.717) is 10.5 Å². The Morgan fingerprint density at radius 2 is 1.89 bits per heavy atom. The van der Waals surface area contributed by atoms with E-state index in [-0.39, 0.29) is 5.56 Å². The second-order valence-electron chi connectivity index (χ2n) is 4.34. The third-order valence-corrected chi connectivity index (χ3v) is 3.34. The second kappa shape index (κ2) is 4.20. The van der Waals surface area contributed by atoms with Crippen LogP contribution in [0.4, 0.5) is 0 Å². The number of benzene rings is 1. The number of nitrogens with one attached hydrogen (secondary N) is 1. The number of hydrogen-bond donors (Lipinski definition) is 1. The first kappa shape index (κ1) is 11.9. The minimum atomic E-state index is -0.281. The fraction of sp³-hybridized carbons (Fsp3) is 0.154. The highest BCUT2D eigenvalue weighted by molar-refractivity contribution is 6.30. The van der Waals surface area contributed by atoms with Crippen molar-refractivity contribution in [3.63, 3.8) is 0 Å². The maximum Gasteiger partial charge on any atom is 0.292 e. The van der Waals surface area contributed by atoms with E-state index in [2.05, 4.69) is 15.3 Å². The van der Waals surface area contributed by atoms with Gasteiger partial charge in [0.05, 0.1) is 22.5 Å². The van der Waals surface area contributed by atoms with Crippen molar-refractivity contribution < 1.29 is 0 Å². The van der Waals surface area contributed by atoms with E-state index in [9.17, 15) is 4.79 Å². The van der Waals surface area contributed by atoms with Gasteiger partial charge in [-0.15, -0.1) is 0 Å². The summed E-state index contributed by atoms with van der Waals surface area (Å²) < 4.78 is 1.73. The molecule has 0 fully saturated rings. The van der Waals surface area contributed by atoms with Crippen LogP contribution in [0.3, 0.4) is 0 Å². The molecule has 1 aromatic carbocycles. The average molecular weight is 275 g/mol. The quantitative estimate of drug-likeness (QED) is 0.741. The lowest BCUT2D eigenvalue weighted by atomic mass is 10.2. The van der Waals surface area contributed by atoms with Gasteiger partial charge < -0.3 is 0 Å². The first-order valence-corrected chi connectivity index (χ1v) is 6.16. The summed E-state index contributed by atoms with van der Waals surface area (Å²) in [5.41, 5.74) is 2.62. The highest BCUT2D eigenvalue weighted by atomic mass is 35.5. The maximum atomic E-state index is 11.8. The Labute approximate surface area is 113 Å². The van der Waals surface area contributed by atoms with Gasteiger partial charge in [0, 0.05) is 5.02 Å². The van der Waals surface area contributed by atoms with E-state index in [1.165, 1.54) is 0 Å². The fourth-order valence-corrected chi connectivity index (χ4v) is 2.30. The topological polar surface area (TPSA) is 63.6 Å². The molecule has 2 heterocycles. The van der Waals surface area contributed by atoms with Crippen LogP contribution in [0, 0.1) is 13.8 Å². The number of nitrogens with zero attached hydrogens (tertiary/aromatic N) is 3. The molecule has 0 aliphatic heterocycles. The molecule has 6 heteroatoms. The van der Waals surface area contributed by atoms with Crippen molar-refractivity contribution >= 4 is 22.5 Å². The van der Waals surface area contributed by atoms with E-state index < -0.39 is 0 Å². The van der Waals surface area contributed by atoms with Crippen molar-refractivity contribution in [3.05, 3.63) is 51.0 Å². The summed E-state index contributed by atoms with van der Waals surface area (Å²) in [6.07, 6.45) is 0. The fourth-order valence-electron chi connectivity index (χ4n) is 2.17. The minimum Gasteiger partial charge on any atom is -0.265 e. The molecule has 1 N–H and O–H groups in total. The van der Waals surface area contributed by atoms with Gasteiger partial charge in [-0.1, -0.05) is 11.6 Å². The standard InChI is InChI=1S/C13H11ClN4O/c1-7-11-8(2)18(10-5-3-9(14)4-6-10)17-12(11)13(19)16-15-7/h3-6H,1-2H3,(H,16,19). The van der Waals surface area contributed by atoms with E-state index >= 15 is 0 Å². The Morgan fingerprint density at radius 3 is 2.53 bits per heavy atom. The van der Waals surface area contributed by atoms with Crippen LogP contribution in [0.15, 0.2) is 29.1 Å². The lowest BCUT2D eigenvalue weighted by molar-refractivity contribution is 0.858. The molecule has 0 spiro atoms. The molecule has 0 bridgehead atoms. The van der Waals surface area contributed by atoms with E-state index in [1.54, 1.807) is 16.8 Å². The number of rotatable bonds is 1. The van der Waals surface area contributed by atoms with Crippen LogP contribution >= 0.6 is 11.6 Å². The van der Waals surface area contributed by atoms with Gasteiger partial charge in [-0.3, -0.25) is 4.79 Å². The number of aromatic amines is 1. The normalized spacial score (nSPS) is 11.1. The minimum absolute atomic E-state index is 0.281. The number of hydrogen-bond acceptors (Lipinski definition) is 3. The van der Waals surface area contributed by atoms with Crippen molar-refractivity contribution in [1.29, 1.82) is 0 Å². The molecule has 0 unspecified atom stereocenters. The van der Waals surface area contributed by atoms with Crippen molar-refractivity contribution in [2.45, 2.75) is 13.8 Å². The lowest BCUT2D eigenvalue weighted by Crippen LogP contribution is -2.09. The van der Waals surface area contributed by atoms with Gasteiger partial charge in [-0.05, 0) is 38.1 Å². The first-order chi connectivity index (χ1) is 9.08. The molecule has 3 rings (SSSR count). The molecule has 2 aromatic heterocycles. The molecular weight excluding hydrogens is 264 g/mol. The number of H-pyrrole nitrogens is 1. The Hall–Kier alpha value is -2.14. The molecular formula is C13H11ClN4O.